The van der Waals surface area contributed by atoms with E-state index in [-0.39, 0.29) is 139 Å². The molecular formula is C35H25N6Na3O11S3. The average molecular weight is 871 g/mol. The molecule has 58 heavy (non-hydrogen) atoms. The zero-order valence-electron chi connectivity index (χ0n) is 31.3. The smallest absolute Gasteiger partial charge is 0.744 e. The van der Waals surface area contributed by atoms with Gasteiger partial charge in [-0.25, -0.2) is 25.3 Å². The fourth-order valence-corrected chi connectivity index (χ4v) is 7.79. The van der Waals surface area contributed by atoms with Crippen LogP contribution in [-0.4, -0.2) is 56.3 Å². The number of fused-ring (bicyclic) bond motifs is 2. The summed E-state index contributed by atoms with van der Waals surface area (Å²) in [5.74, 6) is -1.39. The molecule has 0 saturated carbocycles. The van der Waals surface area contributed by atoms with Crippen LogP contribution < -0.4 is 105 Å². The maximum Gasteiger partial charge on any atom is 1.00 e. The van der Waals surface area contributed by atoms with Crippen molar-refractivity contribution in [2.45, 2.75) is 23.6 Å². The summed E-state index contributed by atoms with van der Waals surface area (Å²) >= 11 is 0. The Balaban J connectivity index is 0.00000300. The van der Waals surface area contributed by atoms with Gasteiger partial charge >= 0.3 is 88.7 Å². The fraction of sp³-hybridized carbons (Fsp3) is 0.0571. The number of carbonyl (C=O) groups excluding carboxylic acids is 2. The van der Waals surface area contributed by atoms with E-state index in [0.29, 0.717) is 16.8 Å². The minimum Gasteiger partial charge on any atom is -0.744 e. The van der Waals surface area contributed by atoms with Gasteiger partial charge in [0, 0.05) is 33.3 Å². The summed E-state index contributed by atoms with van der Waals surface area (Å²) in [5.41, 5.74) is 9.68. The number of anilines is 3. The predicted molar refractivity (Wildman–Crippen MR) is 198 cm³/mol. The number of nitrogens with one attached hydrogen (secondary N) is 2. The van der Waals surface area contributed by atoms with E-state index in [0.717, 1.165) is 30.3 Å². The number of amides is 1. The molecule has 0 unspecified atom stereocenters. The second-order valence-corrected chi connectivity index (χ2v) is 16.1. The third-order valence-corrected chi connectivity index (χ3v) is 10.9. The number of ketones is 1. The van der Waals surface area contributed by atoms with Gasteiger partial charge in [-0.1, -0.05) is 12.1 Å². The molecule has 23 heteroatoms. The number of nitrogens with zero attached hydrogens (tertiary/aromatic N) is 3. The van der Waals surface area contributed by atoms with E-state index in [1.165, 1.54) is 60.7 Å². The first kappa shape index (κ1) is 49.2. The minimum absolute atomic E-state index is 0. The van der Waals surface area contributed by atoms with Crippen LogP contribution in [0.4, 0.5) is 28.4 Å². The Morgan fingerprint density at radius 2 is 1.28 bits per heavy atom. The Labute approximate surface area is 398 Å². The van der Waals surface area contributed by atoms with Crippen molar-refractivity contribution in [3.8, 4) is 0 Å². The van der Waals surface area contributed by atoms with Crippen LogP contribution in [0.15, 0.2) is 115 Å². The number of hydrogen-bond acceptors (Lipinski definition) is 16. The molecule has 5 aromatic rings. The second-order valence-electron chi connectivity index (χ2n) is 12.1. The number of benzene rings is 5. The maximum atomic E-state index is 13.5. The van der Waals surface area contributed by atoms with Gasteiger partial charge in [-0.2, -0.15) is 15.3 Å². The molecule has 1 amide bonds. The van der Waals surface area contributed by atoms with Crippen molar-refractivity contribution in [3.63, 3.8) is 0 Å². The zero-order valence-corrected chi connectivity index (χ0v) is 39.7. The van der Waals surface area contributed by atoms with Crippen LogP contribution in [0, 0.1) is 13.8 Å². The van der Waals surface area contributed by atoms with Crippen LogP contribution in [0.2, 0.25) is 0 Å². The Kier molecular flexibility index (Phi) is 16.2. The summed E-state index contributed by atoms with van der Waals surface area (Å²) in [4.78, 5) is 23.7. The van der Waals surface area contributed by atoms with Crippen LogP contribution in [0.25, 0.3) is 16.8 Å². The number of azo groups is 1. The molecule has 0 aliphatic heterocycles. The molecule has 0 spiro atoms. The second kappa shape index (κ2) is 19.0. The van der Waals surface area contributed by atoms with E-state index in [1.54, 1.807) is 13.8 Å². The van der Waals surface area contributed by atoms with E-state index in [9.17, 15) is 48.5 Å². The molecule has 0 saturated heterocycles. The predicted octanol–water partition coefficient (Wildman–Crippen LogP) is -3.92. The molecule has 6 rings (SSSR count). The van der Waals surface area contributed by atoms with E-state index < -0.39 is 62.5 Å². The van der Waals surface area contributed by atoms with Gasteiger partial charge in [-0.05, 0) is 109 Å². The molecular weight excluding hydrogens is 846 g/mol. The van der Waals surface area contributed by atoms with Crippen LogP contribution in [0.1, 0.15) is 37.4 Å². The number of carbonyl (C=O) groups is 2. The first-order valence-electron chi connectivity index (χ1n) is 15.6. The molecule has 17 nitrogen and oxygen atoms in total. The molecule has 0 bridgehead atoms. The number of aryl methyl sites for hydroxylation is 2. The number of rotatable bonds is 9. The van der Waals surface area contributed by atoms with Crippen molar-refractivity contribution in [1.82, 2.24) is 0 Å². The fourth-order valence-electron chi connectivity index (χ4n) is 5.74. The quantitative estimate of drug-likeness (QED) is 0.0420. The van der Waals surface area contributed by atoms with Crippen molar-refractivity contribution in [2.24, 2.45) is 15.3 Å². The van der Waals surface area contributed by atoms with Crippen LogP contribution in [0.3, 0.4) is 0 Å². The summed E-state index contributed by atoms with van der Waals surface area (Å²) in [6, 6.07) is 18.4. The van der Waals surface area contributed by atoms with Gasteiger partial charge in [-0.15, -0.1) is 0 Å². The molecule has 0 fully saturated rings. The Hall–Kier alpha value is -3.16. The van der Waals surface area contributed by atoms with Crippen molar-refractivity contribution in [2.75, 3.05) is 16.5 Å². The SMILES string of the molecule is Cc1cc(N=Nc2cc(S(=O)(=O)[O-])c3cccc(S(=O)(=O)[O-])c3c2)cc(C)c1N/N=C1\C(=O)c2ccc(NC(=O)c3ccc(N)cc3)cc2C=C1S(=O)(=O)[O-].[Na+].[Na+].[Na+]. The van der Waals surface area contributed by atoms with Crippen molar-refractivity contribution in [3.05, 3.63) is 118 Å². The number of Topliss-reactive ketones (excluding diaryl/α,β-unsaturated/α-hetero) is 1. The first-order valence-corrected chi connectivity index (χ1v) is 19.8. The molecule has 1 aliphatic rings. The van der Waals surface area contributed by atoms with Crippen LogP contribution in [-0.2, 0) is 30.4 Å². The summed E-state index contributed by atoms with van der Waals surface area (Å²) in [5, 5.41) is 14.0. The van der Waals surface area contributed by atoms with Crippen LogP contribution >= 0.6 is 0 Å². The van der Waals surface area contributed by atoms with Gasteiger partial charge in [0.05, 0.1) is 31.8 Å². The third kappa shape index (κ3) is 11.0. The number of nitrogens with two attached hydrogens (primary N) is 1. The van der Waals surface area contributed by atoms with E-state index in [1.807, 2.05) is 0 Å². The van der Waals surface area contributed by atoms with Gasteiger partial charge in [0.2, 0.25) is 5.78 Å². The summed E-state index contributed by atoms with van der Waals surface area (Å²) in [6.07, 6.45) is 0.980. The molecule has 5 aromatic carbocycles. The largest absolute Gasteiger partial charge is 1.00 e. The molecule has 0 radical (unpaired) electrons. The average Bonchev–Trinajstić information content (AvgIpc) is 3.09. The standard InChI is InChI=1S/C35H28N6O11S3.3Na/c1-18-12-24(38-39-25-16-28-27(30(17-25)54(47,48)49)4-3-5-29(28)53(44,45)46)13-19(2)32(18)40-41-33-31(55(50,51)52)15-21-14-23(10-11-26(21)34(33)42)37-35(43)20-6-8-22(36)9-7-20;;;/h3-17,40H,36H2,1-2H3,(H,37,43)(H,44,45,46)(H,47,48,49)(H,50,51,52);;;/q;3*+1/p-3/b39-38?,41-33-;;;. The summed E-state index contributed by atoms with van der Waals surface area (Å²) in [6.45, 7) is 3.19. The van der Waals surface area contributed by atoms with Crippen molar-refractivity contribution >= 4 is 93.0 Å². The van der Waals surface area contributed by atoms with Gasteiger partial charge in [0.1, 0.15) is 36.1 Å². The molecule has 4 N–H and O–H groups in total. The van der Waals surface area contributed by atoms with E-state index in [2.05, 4.69) is 26.1 Å². The number of allylic oxidation sites excluding steroid dienone is 1. The maximum absolute atomic E-state index is 13.5. The number of nitrogen functional groups attached to an aromatic ring is 1. The Morgan fingerprint density at radius 1 is 0.690 bits per heavy atom. The van der Waals surface area contributed by atoms with Gasteiger partial charge in [0.15, 0.2) is 0 Å². The van der Waals surface area contributed by atoms with Gasteiger partial charge < -0.3 is 24.7 Å². The normalized spacial score (nSPS) is 13.5. The van der Waals surface area contributed by atoms with Crippen molar-refractivity contribution in [1.29, 1.82) is 0 Å². The molecule has 282 valence electrons. The molecule has 0 atom stereocenters. The topological polar surface area (TPSA) is 293 Å². The number of hydrazone groups is 1. The van der Waals surface area contributed by atoms with Crippen LogP contribution in [0.5, 0.6) is 0 Å². The third-order valence-electron chi connectivity index (χ3n) is 8.25. The summed E-state index contributed by atoms with van der Waals surface area (Å²) < 4.78 is 109. The first-order chi connectivity index (χ1) is 25.7. The Morgan fingerprint density at radius 3 is 1.84 bits per heavy atom. The zero-order chi connectivity index (χ0) is 40.0. The molecule has 0 aromatic heterocycles. The van der Waals surface area contributed by atoms with Gasteiger partial charge in [-0.3, -0.25) is 15.0 Å². The molecule has 1 aliphatic carbocycles. The van der Waals surface area contributed by atoms with Gasteiger partial charge in [0.25, 0.3) is 5.91 Å². The minimum atomic E-state index is -5.25. The number of hydrogen-bond donors (Lipinski definition) is 3. The Bertz CT molecular complexity index is 2900. The van der Waals surface area contributed by atoms with E-state index >= 15 is 0 Å². The van der Waals surface area contributed by atoms with Crippen molar-refractivity contribution < 1.29 is 137 Å². The monoisotopic (exact) mass is 870 g/mol. The summed E-state index contributed by atoms with van der Waals surface area (Å²) in [7, 11) is -15.5. The van der Waals surface area contributed by atoms with E-state index in [4.69, 9.17) is 5.73 Å². The molecule has 0 heterocycles.